The minimum Gasteiger partial charge on any atom is -0.483 e. The molecule has 7 heteroatoms. The monoisotopic (exact) mass is 377 g/mol. The van der Waals surface area contributed by atoms with Crippen molar-refractivity contribution in [3.05, 3.63) is 35.3 Å². The summed E-state index contributed by atoms with van der Waals surface area (Å²) in [5.41, 5.74) is 9.13. The number of fused-ring (bicyclic) bond motifs is 3. The number of hydrogen-bond acceptors (Lipinski definition) is 3. The molecule has 6 nitrogen and oxygen atoms in total. The number of rotatable bonds is 5. The molecule has 1 aromatic carbocycles. The van der Waals surface area contributed by atoms with E-state index in [1.54, 1.807) is 12.1 Å². The predicted octanol–water partition coefficient (Wildman–Crippen LogP) is 3.26. The average Bonchev–Trinajstić information content (AvgIpc) is 2.94. The quantitative estimate of drug-likeness (QED) is 0.600. The Labute approximate surface area is 158 Å². The Kier molecular flexibility index (Phi) is 7.36. The molecule has 0 aliphatic heterocycles. The van der Waals surface area contributed by atoms with Crippen LogP contribution in [-0.4, -0.2) is 28.5 Å². The van der Waals surface area contributed by atoms with E-state index in [9.17, 15) is 9.18 Å². The van der Waals surface area contributed by atoms with Crippen molar-refractivity contribution in [2.24, 2.45) is 11.7 Å². The predicted molar refractivity (Wildman–Crippen MR) is 103 cm³/mol. The summed E-state index contributed by atoms with van der Waals surface area (Å²) < 4.78 is 13.5. The van der Waals surface area contributed by atoms with Gasteiger partial charge < -0.3 is 21.1 Å². The highest BCUT2D eigenvalue weighted by molar-refractivity contribution is 5.85. The number of nitrogens with two attached hydrogens (primary N) is 1. The number of aryl methyl sites for hydroxylation is 1. The maximum Gasteiger partial charge on any atom is 0.290 e. The number of halogens is 1. The summed E-state index contributed by atoms with van der Waals surface area (Å²) in [7, 11) is 0. The van der Waals surface area contributed by atoms with Crippen molar-refractivity contribution in [2.45, 2.75) is 58.0 Å². The summed E-state index contributed by atoms with van der Waals surface area (Å²) in [5.74, 6) is 0.249. The molecular weight excluding hydrogens is 349 g/mol. The van der Waals surface area contributed by atoms with Crippen LogP contribution in [0, 0.1) is 11.7 Å². The van der Waals surface area contributed by atoms with E-state index in [4.69, 9.17) is 15.6 Å². The average molecular weight is 377 g/mol. The van der Waals surface area contributed by atoms with Gasteiger partial charge in [-0.3, -0.25) is 9.59 Å². The maximum atomic E-state index is 13.5. The number of carbonyl (C=O) groups excluding carboxylic acids is 1. The Hall–Kier alpha value is -2.41. The summed E-state index contributed by atoms with van der Waals surface area (Å²) in [5, 5.41) is 10.9. The van der Waals surface area contributed by atoms with Gasteiger partial charge in [0.05, 0.1) is 6.04 Å². The van der Waals surface area contributed by atoms with Gasteiger partial charge in [-0.2, -0.15) is 0 Å². The Morgan fingerprint density at radius 1 is 1.48 bits per heavy atom. The first kappa shape index (κ1) is 20.9. The molecule has 5 N–H and O–H groups in total. The summed E-state index contributed by atoms with van der Waals surface area (Å²) in [6.45, 7) is 3.96. The fourth-order valence-corrected chi connectivity index (χ4v) is 3.76. The molecule has 1 aliphatic carbocycles. The molecule has 0 saturated heterocycles. The van der Waals surface area contributed by atoms with E-state index in [1.807, 2.05) is 0 Å². The van der Waals surface area contributed by atoms with E-state index in [0.717, 1.165) is 47.8 Å². The van der Waals surface area contributed by atoms with Crippen LogP contribution in [0.1, 0.15) is 56.8 Å². The summed E-state index contributed by atoms with van der Waals surface area (Å²) >= 11 is 0. The van der Waals surface area contributed by atoms with E-state index in [-0.39, 0.29) is 30.3 Å². The first-order valence-electron chi connectivity index (χ1n) is 9.28. The molecule has 0 radical (unpaired) electrons. The van der Waals surface area contributed by atoms with Crippen molar-refractivity contribution in [2.75, 3.05) is 0 Å². The number of H-pyrrole nitrogens is 1. The number of aromatic amines is 1. The Balaban J connectivity index is 0.000000817. The smallest absolute Gasteiger partial charge is 0.290 e. The second kappa shape index (κ2) is 9.50. The van der Waals surface area contributed by atoms with Crippen LogP contribution < -0.4 is 11.1 Å². The Morgan fingerprint density at radius 2 is 2.19 bits per heavy atom. The van der Waals surface area contributed by atoms with E-state index < -0.39 is 0 Å². The maximum absolute atomic E-state index is 13.5. The number of nitrogens with one attached hydrogen (secondary N) is 2. The van der Waals surface area contributed by atoms with E-state index in [0.29, 0.717) is 12.3 Å². The van der Waals surface area contributed by atoms with Crippen molar-refractivity contribution >= 4 is 23.3 Å². The van der Waals surface area contributed by atoms with Crippen LogP contribution in [-0.2, 0) is 16.0 Å². The Bertz CT molecular complexity index is 788. The minimum atomic E-state index is -0.250. The van der Waals surface area contributed by atoms with Crippen molar-refractivity contribution < 1.29 is 19.1 Å². The summed E-state index contributed by atoms with van der Waals surface area (Å²) in [4.78, 5) is 24.0. The highest BCUT2D eigenvalue weighted by Gasteiger charge is 2.26. The highest BCUT2D eigenvalue weighted by atomic mass is 19.1. The molecule has 148 valence electrons. The molecule has 3 rings (SSSR count). The van der Waals surface area contributed by atoms with Gasteiger partial charge in [0.25, 0.3) is 6.47 Å². The lowest BCUT2D eigenvalue weighted by molar-refractivity contribution is -0.123. The number of amides is 1. The van der Waals surface area contributed by atoms with Gasteiger partial charge in [0.2, 0.25) is 5.91 Å². The minimum absolute atomic E-state index is 0.00848. The molecule has 1 amide bonds. The van der Waals surface area contributed by atoms with Gasteiger partial charge in [-0.25, -0.2) is 4.39 Å². The van der Waals surface area contributed by atoms with E-state index in [1.165, 1.54) is 6.07 Å². The van der Waals surface area contributed by atoms with Crippen LogP contribution in [0.15, 0.2) is 18.2 Å². The van der Waals surface area contributed by atoms with Gasteiger partial charge in [-0.05, 0) is 55.4 Å². The fraction of sp³-hybridized carbons (Fsp3) is 0.500. The highest BCUT2D eigenvalue weighted by Crippen LogP contribution is 2.35. The second-order valence-corrected chi connectivity index (χ2v) is 7.42. The first-order valence-corrected chi connectivity index (χ1v) is 9.28. The molecule has 2 atom stereocenters. The van der Waals surface area contributed by atoms with Gasteiger partial charge in [-0.15, -0.1) is 0 Å². The number of carbonyl (C=O) groups is 2. The summed E-state index contributed by atoms with van der Waals surface area (Å²) in [6, 6.07) is 4.66. The third kappa shape index (κ3) is 5.53. The molecule has 1 aromatic heterocycles. The lowest BCUT2D eigenvalue weighted by Crippen LogP contribution is -2.36. The van der Waals surface area contributed by atoms with Crippen LogP contribution in [0.5, 0.6) is 0 Å². The van der Waals surface area contributed by atoms with Crippen molar-refractivity contribution in [3.63, 3.8) is 0 Å². The van der Waals surface area contributed by atoms with Crippen LogP contribution in [0.4, 0.5) is 4.39 Å². The van der Waals surface area contributed by atoms with Gasteiger partial charge >= 0.3 is 0 Å². The largest absolute Gasteiger partial charge is 0.483 e. The lowest BCUT2D eigenvalue weighted by atomic mass is 9.91. The number of aromatic nitrogens is 1. The van der Waals surface area contributed by atoms with Crippen LogP contribution >= 0.6 is 0 Å². The normalized spacial score (nSPS) is 17.0. The zero-order valence-electron chi connectivity index (χ0n) is 15.8. The van der Waals surface area contributed by atoms with Crippen molar-refractivity contribution in [3.8, 4) is 0 Å². The molecule has 27 heavy (non-hydrogen) atoms. The fourth-order valence-electron chi connectivity index (χ4n) is 3.76. The lowest BCUT2D eigenvalue weighted by Gasteiger charge is -2.24. The molecule has 2 aromatic rings. The number of carboxylic acid groups (broad SMARTS) is 1. The topological polar surface area (TPSA) is 108 Å². The third-order valence-electron chi connectivity index (χ3n) is 4.73. The zero-order valence-corrected chi connectivity index (χ0v) is 15.8. The van der Waals surface area contributed by atoms with Crippen LogP contribution in [0.3, 0.4) is 0 Å². The third-order valence-corrected chi connectivity index (χ3v) is 4.73. The van der Waals surface area contributed by atoms with Gasteiger partial charge in [0.15, 0.2) is 0 Å². The SMILES string of the molecule is CC(C)C[C@H](N)CC(=O)NC1CCCc2c1[nH]c1ccc(F)cc21.O=CO. The second-order valence-electron chi connectivity index (χ2n) is 7.42. The van der Waals surface area contributed by atoms with Gasteiger partial charge in [0.1, 0.15) is 5.82 Å². The molecule has 1 heterocycles. The zero-order chi connectivity index (χ0) is 20.0. The molecule has 1 unspecified atom stereocenters. The molecule has 0 bridgehead atoms. The molecule has 0 saturated carbocycles. The van der Waals surface area contributed by atoms with Crippen LogP contribution in [0.2, 0.25) is 0 Å². The van der Waals surface area contributed by atoms with Gasteiger partial charge in [0, 0.05) is 29.1 Å². The van der Waals surface area contributed by atoms with Crippen molar-refractivity contribution in [1.29, 1.82) is 0 Å². The molecule has 0 spiro atoms. The number of hydrogen-bond donors (Lipinski definition) is 4. The van der Waals surface area contributed by atoms with Crippen LogP contribution in [0.25, 0.3) is 10.9 Å². The Morgan fingerprint density at radius 3 is 2.85 bits per heavy atom. The molecular formula is C20H28FN3O3. The molecule has 1 aliphatic rings. The van der Waals surface area contributed by atoms with Crippen molar-refractivity contribution in [1.82, 2.24) is 10.3 Å². The first-order chi connectivity index (χ1) is 12.8. The summed E-state index contributed by atoms with van der Waals surface area (Å²) in [6.07, 6.45) is 3.98. The van der Waals surface area contributed by atoms with E-state index >= 15 is 0 Å². The van der Waals surface area contributed by atoms with Gasteiger partial charge in [-0.1, -0.05) is 13.8 Å². The number of benzene rings is 1. The molecule has 0 fully saturated rings. The standard InChI is InChI=1S/C19H26FN3O.CH2O2/c1-11(2)8-13(21)10-18(24)22-17-5-3-4-14-15-9-12(20)6-7-16(15)23-19(14)17;2-1-3/h6-7,9,11,13,17,23H,3-5,8,10,21H2,1-2H3,(H,22,24);1H,(H,2,3)/t13-,17?;/m0./s1. The van der Waals surface area contributed by atoms with E-state index in [2.05, 4.69) is 24.1 Å².